The lowest BCUT2D eigenvalue weighted by molar-refractivity contribution is 0.0691. The van der Waals surface area contributed by atoms with Gasteiger partial charge in [0.2, 0.25) is 0 Å². The molecule has 2 N–H and O–H groups in total. The SMILES string of the molecule is O=C(O)c1nc(NC2CC=CC2)ccc1Cl. The molecule has 0 amide bonds. The summed E-state index contributed by atoms with van der Waals surface area (Å²) in [4.78, 5) is 14.8. The number of pyridine rings is 1. The summed E-state index contributed by atoms with van der Waals surface area (Å²) >= 11 is 5.72. The summed E-state index contributed by atoms with van der Waals surface area (Å²) in [6.07, 6.45) is 6.05. The van der Waals surface area contributed by atoms with E-state index in [1.54, 1.807) is 12.1 Å². The molecule has 0 spiro atoms. The fourth-order valence-corrected chi connectivity index (χ4v) is 1.80. The van der Waals surface area contributed by atoms with Crippen LogP contribution in [0.2, 0.25) is 5.02 Å². The number of hydrogen-bond donors (Lipinski definition) is 2. The minimum atomic E-state index is -1.11. The Hall–Kier alpha value is -1.55. The second kappa shape index (κ2) is 4.53. The molecule has 84 valence electrons. The molecule has 0 fully saturated rings. The summed E-state index contributed by atoms with van der Waals surface area (Å²) in [6, 6.07) is 3.53. The molecular weight excluding hydrogens is 228 g/mol. The molecule has 1 aliphatic rings. The Kier molecular flexibility index (Phi) is 3.10. The Morgan fingerprint density at radius 1 is 1.44 bits per heavy atom. The van der Waals surface area contributed by atoms with Gasteiger partial charge in [0.1, 0.15) is 5.82 Å². The number of nitrogens with zero attached hydrogens (tertiary/aromatic N) is 1. The van der Waals surface area contributed by atoms with Crippen LogP contribution in [0.1, 0.15) is 23.3 Å². The summed E-state index contributed by atoms with van der Waals surface area (Å²) in [6.45, 7) is 0. The molecule has 5 heteroatoms. The number of carboxylic acids is 1. The lowest BCUT2D eigenvalue weighted by Crippen LogP contribution is -2.17. The first-order valence-corrected chi connectivity index (χ1v) is 5.36. The summed E-state index contributed by atoms with van der Waals surface area (Å²) in [7, 11) is 0. The van der Waals surface area contributed by atoms with Crippen molar-refractivity contribution in [3.8, 4) is 0 Å². The van der Waals surface area contributed by atoms with Crippen molar-refractivity contribution in [3.63, 3.8) is 0 Å². The highest BCUT2D eigenvalue weighted by Crippen LogP contribution is 2.19. The van der Waals surface area contributed by atoms with Crippen LogP contribution in [-0.2, 0) is 0 Å². The molecular formula is C11H11ClN2O2. The van der Waals surface area contributed by atoms with Gasteiger partial charge in [-0.1, -0.05) is 23.8 Å². The van der Waals surface area contributed by atoms with E-state index in [0.717, 1.165) is 12.8 Å². The summed E-state index contributed by atoms with van der Waals surface area (Å²) in [5.41, 5.74) is -0.113. The van der Waals surface area contributed by atoms with Crippen molar-refractivity contribution in [2.45, 2.75) is 18.9 Å². The molecule has 2 rings (SSSR count). The van der Waals surface area contributed by atoms with Crippen LogP contribution in [0.15, 0.2) is 24.3 Å². The maximum absolute atomic E-state index is 10.8. The highest BCUT2D eigenvalue weighted by atomic mass is 35.5. The predicted octanol–water partition coefficient (Wildman–Crippen LogP) is 2.56. The van der Waals surface area contributed by atoms with Gasteiger partial charge in [0.05, 0.1) is 5.02 Å². The summed E-state index contributed by atoms with van der Waals surface area (Å²) in [5.74, 6) is -0.561. The monoisotopic (exact) mass is 238 g/mol. The molecule has 1 aromatic heterocycles. The minimum Gasteiger partial charge on any atom is -0.476 e. The molecule has 0 aliphatic heterocycles. The van der Waals surface area contributed by atoms with Crippen LogP contribution < -0.4 is 5.32 Å². The van der Waals surface area contributed by atoms with E-state index in [2.05, 4.69) is 22.5 Å². The molecule has 16 heavy (non-hydrogen) atoms. The second-order valence-electron chi connectivity index (χ2n) is 3.62. The number of carboxylic acid groups (broad SMARTS) is 1. The molecule has 0 atom stereocenters. The van der Waals surface area contributed by atoms with E-state index >= 15 is 0 Å². The first-order chi connectivity index (χ1) is 7.66. The zero-order chi connectivity index (χ0) is 11.5. The van der Waals surface area contributed by atoms with Crippen molar-refractivity contribution in [1.29, 1.82) is 0 Å². The first-order valence-electron chi connectivity index (χ1n) is 4.98. The van der Waals surface area contributed by atoms with E-state index in [9.17, 15) is 4.79 Å². The van der Waals surface area contributed by atoms with Crippen molar-refractivity contribution in [1.82, 2.24) is 4.98 Å². The van der Waals surface area contributed by atoms with Crippen LogP contribution >= 0.6 is 11.6 Å². The number of anilines is 1. The number of hydrogen-bond acceptors (Lipinski definition) is 3. The molecule has 1 heterocycles. The average Bonchev–Trinajstić information content (AvgIpc) is 2.73. The van der Waals surface area contributed by atoms with Crippen LogP contribution in [0.3, 0.4) is 0 Å². The van der Waals surface area contributed by atoms with E-state index < -0.39 is 5.97 Å². The fraction of sp³-hybridized carbons (Fsp3) is 0.273. The average molecular weight is 239 g/mol. The molecule has 1 aliphatic carbocycles. The number of nitrogens with one attached hydrogen (secondary N) is 1. The number of aromatic nitrogens is 1. The number of halogens is 1. The van der Waals surface area contributed by atoms with Gasteiger partial charge in [-0.2, -0.15) is 0 Å². The Labute approximate surface area is 98.0 Å². The van der Waals surface area contributed by atoms with E-state index in [1.165, 1.54) is 0 Å². The standard InChI is InChI=1S/C11H11ClN2O2/c12-8-5-6-9(14-10(8)11(15)16)13-7-3-1-2-4-7/h1-2,5-7H,3-4H2,(H,13,14)(H,15,16). The Bertz CT molecular complexity index is 438. The van der Waals surface area contributed by atoms with E-state index in [-0.39, 0.29) is 10.7 Å². The van der Waals surface area contributed by atoms with Crippen molar-refractivity contribution in [2.24, 2.45) is 0 Å². The van der Waals surface area contributed by atoms with Crippen LogP contribution in [0.5, 0.6) is 0 Å². The van der Waals surface area contributed by atoms with Gasteiger partial charge in [0.15, 0.2) is 5.69 Å². The Balaban J connectivity index is 2.15. The van der Waals surface area contributed by atoms with Crippen LogP contribution in [0.4, 0.5) is 5.82 Å². The second-order valence-corrected chi connectivity index (χ2v) is 4.02. The topological polar surface area (TPSA) is 62.2 Å². The highest BCUT2D eigenvalue weighted by Gasteiger charge is 2.14. The lowest BCUT2D eigenvalue weighted by Gasteiger charge is -2.13. The third-order valence-electron chi connectivity index (χ3n) is 2.41. The molecule has 1 aromatic rings. The smallest absolute Gasteiger partial charge is 0.356 e. The Morgan fingerprint density at radius 2 is 2.12 bits per heavy atom. The fourth-order valence-electron chi connectivity index (χ4n) is 1.62. The van der Waals surface area contributed by atoms with Gasteiger partial charge in [-0.15, -0.1) is 0 Å². The lowest BCUT2D eigenvalue weighted by atomic mass is 10.2. The normalized spacial score (nSPS) is 15.3. The number of carbonyl (C=O) groups is 1. The van der Waals surface area contributed by atoms with Gasteiger partial charge in [-0.25, -0.2) is 9.78 Å². The third-order valence-corrected chi connectivity index (χ3v) is 2.71. The maximum atomic E-state index is 10.8. The van der Waals surface area contributed by atoms with E-state index in [4.69, 9.17) is 16.7 Å². The van der Waals surface area contributed by atoms with Crippen molar-refractivity contribution in [3.05, 3.63) is 35.0 Å². The molecule has 0 saturated heterocycles. The van der Waals surface area contributed by atoms with Gasteiger partial charge in [-0.3, -0.25) is 0 Å². The minimum absolute atomic E-state index is 0.113. The van der Waals surface area contributed by atoms with Gasteiger partial charge in [-0.05, 0) is 25.0 Å². The van der Waals surface area contributed by atoms with Crippen molar-refractivity contribution in [2.75, 3.05) is 5.32 Å². The van der Waals surface area contributed by atoms with Gasteiger partial charge < -0.3 is 10.4 Å². The van der Waals surface area contributed by atoms with Crippen LogP contribution in [0.25, 0.3) is 0 Å². The summed E-state index contributed by atoms with van der Waals surface area (Å²) < 4.78 is 0. The van der Waals surface area contributed by atoms with E-state index in [1.807, 2.05) is 0 Å². The van der Waals surface area contributed by atoms with Gasteiger partial charge in [0, 0.05) is 6.04 Å². The zero-order valence-corrected chi connectivity index (χ0v) is 9.24. The molecule has 4 nitrogen and oxygen atoms in total. The first kappa shape index (κ1) is 11.0. The van der Waals surface area contributed by atoms with Gasteiger partial charge >= 0.3 is 5.97 Å². The maximum Gasteiger partial charge on any atom is 0.356 e. The van der Waals surface area contributed by atoms with Crippen LogP contribution in [-0.4, -0.2) is 22.1 Å². The van der Waals surface area contributed by atoms with Gasteiger partial charge in [0.25, 0.3) is 0 Å². The molecule has 0 unspecified atom stereocenters. The highest BCUT2D eigenvalue weighted by molar-refractivity contribution is 6.33. The molecule has 0 bridgehead atoms. The van der Waals surface area contributed by atoms with E-state index in [0.29, 0.717) is 11.9 Å². The molecule has 0 radical (unpaired) electrons. The zero-order valence-electron chi connectivity index (χ0n) is 8.48. The molecule has 0 saturated carbocycles. The largest absolute Gasteiger partial charge is 0.476 e. The predicted molar refractivity (Wildman–Crippen MR) is 62.0 cm³/mol. The quantitative estimate of drug-likeness (QED) is 0.795. The molecule has 0 aromatic carbocycles. The van der Waals surface area contributed by atoms with Crippen molar-refractivity contribution >= 4 is 23.4 Å². The van der Waals surface area contributed by atoms with Crippen molar-refractivity contribution < 1.29 is 9.90 Å². The number of aromatic carboxylic acids is 1. The summed E-state index contributed by atoms with van der Waals surface area (Å²) in [5, 5.41) is 12.2. The number of rotatable bonds is 3. The Morgan fingerprint density at radius 3 is 2.75 bits per heavy atom. The third kappa shape index (κ3) is 2.33. The van der Waals surface area contributed by atoms with Crippen LogP contribution in [0, 0.1) is 0 Å².